The average Bonchev–Trinajstić information content (AvgIpc) is 3.17. The van der Waals surface area contributed by atoms with Crippen molar-refractivity contribution >= 4 is 11.8 Å². The predicted octanol–water partition coefficient (Wildman–Crippen LogP) is 3.19. The maximum Gasteiger partial charge on any atom is 0.133 e. The Labute approximate surface area is 118 Å². The van der Waals surface area contributed by atoms with Crippen LogP contribution in [0.4, 0.5) is 0 Å². The zero-order valence-corrected chi connectivity index (χ0v) is 11.4. The summed E-state index contributed by atoms with van der Waals surface area (Å²) in [5.41, 5.74) is 8.35. The lowest BCUT2D eigenvalue weighted by Crippen LogP contribution is -2.08. The highest BCUT2D eigenvalue weighted by Gasteiger charge is 2.35. The minimum Gasteiger partial charge on any atom is -0.353 e. The smallest absolute Gasteiger partial charge is 0.133 e. The van der Waals surface area contributed by atoms with Crippen LogP contribution in [0.2, 0.25) is 0 Å². The monoisotopic (exact) mass is 271 g/mol. The number of rotatable bonds is 5. The molecule has 0 radical (unpaired) electrons. The van der Waals surface area contributed by atoms with Crippen molar-refractivity contribution in [1.82, 2.24) is 0 Å². The third-order valence-electron chi connectivity index (χ3n) is 3.25. The third kappa shape index (κ3) is 3.18. The SMILES string of the molecule is NC1OC1CSC(c1ccccc1)c1ccccc1. The van der Waals surface area contributed by atoms with Crippen molar-refractivity contribution in [2.75, 3.05) is 5.75 Å². The predicted molar refractivity (Wildman–Crippen MR) is 80.0 cm³/mol. The van der Waals surface area contributed by atoms with Crippen LogP contribution in [0.25, 0.3) is 0 Å². The summed E-state index contributed by atoms with van der Waals surface area (Å²) in [5, 5.41) is 0.346. The largest absolute Gasteiger partial charge is 0.353 e. The molecule has 0 aromatic heterocycles. The molecule has 1 aliphatic heterocycles. The normalized spacial score (nSPS) is 21.6. The molecule has 98 valence electrons. The lowest BCUT2D eigenvalue weighted by molar-refractivity contribution is 0.384. The number of epoxide rings is 1. The average molecular weight is 271 g/mol. The zero-order chi connectivity index (χ0) is 13.1. The molecule has 0 amide bonds. The summed E-state index contributed by atoms with van der Waals surface area (Å²) in [4.78, 5) is 0. The van der Waals surface area contributed by atoms with E-state index < -0.39 is 0 Å². The van der Waals surface area contributed by atoms with Gasteiger partial charge in [0.15, 0.2) is 0 Å². The highest BCUT2D eigenvalue weighted by Crippen LogP contribution is 2.38. The molecule has 0 spiro atoms. The molecule has 3 heteroatoms. The second-order valence-electron chi connectivity index (χ2n) is 4.67. The van der Waals surface area contributed by atoms with E-state index in [1.165, 1.54) is 11.1 Å². The summed E-state index contributed by atoms with van der Waals surface area (Å²) in [5.74, 6) is 0.940. The molecule has 1 aliphatic rings. The number of hydrogen-bond acceptors (Lipinski definition) is 3. The molecule has 1 fully saturated rings. The van der Waals surface area contributed by atoms with E-state index in [0.717, 1.165) is 5.75 Å². The number of ether oxygens (including phenoxy) is 1. The number of hydrogen-bond donors (Lipinski definition) is 1. The van der Waals surface area contributed by atoms with Gasteiger partial charge in [0.25, 0.3) is 0 Å². The van der Waals surface area contributed by atoms with Crippen LogP contribution >= 0.6 is 11.8 Å². The summed E-state index contributed by atoms with van der Waals surface area (Å²) in [6, 6.07) is 21.2. The lowest BCUT2D eigenvalue weighted by atomic mass is 10.0. The van der Waals surface area contributed by atoms with Crippen LogP contribution in [0.15, 0.2) is 60.7 Å². The quantitative estimate of drug-likeness (QED) is 0.849. The van der Waals surface area contributed by atoms with E-state index in [0.29, 0.717) is 5.25 Å². The summed E-state index contributed by atoms with van der Waals surface area (Å²) in [6.45, 7) is 0. The molecule has 2 aromatic carbocycles. The van der Waals surface area contributed by atoms with Crippen LogP contribution in [0.1, 0.15) is 16.4 Å². The second-order valence-corrected chi connectivity index (χ2v) is 5.81. The molecule has 1 saturated heterocycles. The van der Waals surface area contributed by atoms with Crippen LogP contribution < -0.4 is 5.73 Å². The van der Waals surface area contributed by atoms with Gasteiger partial charge in [0, 0.05) is 5.75 Å². The van der Waals surface area contributed by atoms with Crippen molar-refractivity contribution in [1.29, 1.82) is 0 Å². The van der Waals surface area contributed by atoms with Crippen molar-refractivity contribution in [3.8, 4) is 0 Å². The van der Waals surface area contributed by atoms with Gasteiger partial charge in [-0.2, -0.15) is 0 Å². The first-order valence-electron chi connectivity index (χ1n) is 6.47. The molecular weight excluding hydrogens is 254 g/mol. The Hall–Kier alpha value is -1.29. The van der Waals surface area contributed by atoms with Gasteiger partial charge >= 0.3 is 0 Å². The Morgan fingerprint density at radius 2 is 1.42 bits per heavy atom. The van der Waals surface area contributed by atoms with Crippen LogP contribution in [0.5, 0.6) is 0 Å². The molecule has 1 heterocycles. The van der Waals surface area contributed by atoms with E-state index >= 15 is 0 Å². The highest BCUT2D eigenvalue weighted by atomic mass is 32.2. The molecule has 0 aliphatic carbocycles. The van der Waals surface area contributed by atoms with Crippen LogP contribution in [0, 0.1) is 0 Å². The molecule has 2 aromatic rings. The maximum atomic E-state index is 5.69. The number of nitrogens with two attached hydrogens (primary N) is 1. The fourth-order valence-electron chi connectivity index (χ4n) is 2.12. The zero-order valence-electron chi connectivity index (χ0n) is 10.6. The van der Waals surface area contributed by atoms with Gasteiger partial charge in [-0.05, 0) is 11.1 Å². The van der Waals surface area contributed by atoms with Gasteiger partial charge in [0.05, 0.1) is 5.25 Å². The van der Waals surface area contributed by atoms with Crippen molar-refractivity contribution in [3.63, 3.8) is 0 Å². The van der Waals surface area contributed by atoms with E-state index in [1.807, 2.05) is 11.8 Å². The molecule has 2 unspecified atom stereocenters. The van der Waals surface area contributed by atoms with Gasteiger partial charge in [-0.1, -0.05) is 60.7 Å². The van der Waals surface area contributed by atoms with Gasteiger partial charge in [0.1, 0.15) is 12.3 Å². The van der Waals surface area contributed by atoms with Gasteiger partial charge in [0.2, 0.25) is 0 Å². The fraction of sp³-hybridized carbons (Fsp3) is 0.250. The van der Waals surface area contributed by atoms with Crippen molar-refractivity contribution < 1.29 is 4.74 Å². The first kappa shape index (κ1) is 12.7. The Balaban J connectivity index is 1.79. The standard InChI is InChI=1S/C16H17NOS/c17-16-14(18-16)11-19-15(12-7-3-1-4-8-12)13-9-5-2-6-10-13/h1-10,14-16H,11,17H2. The van der Waals surface area contributed by atoms with Gasteiger partial charge in [-0.25, -0.2) is 0 Å². The van der Waals surface area contributed by atoms with Crippen molar-refractivity contribution in [2.24, 2.45) is 5.73 Å². The topological polar surface area (TPSA) is 38.5 Å². The minimum absolute atomic E-state index is 0.0558. The van der Waals surface area contributed by atoms with E-state index in [9.17, 15) is 0 Å². The maximum absolute atomic E-state index is 5.69. The van der Waals surface area contributed by atoms with Gasteiger partial charge in [-0.15, -0.1) is 11.8 Å². The van der Waals surface area contributed by atoms with Gasteiger partial charge in [-0.3, -0.25) is 0 Å². The number of thioether (sulfide) groups is 1. The second kappa shape index (κ2) is 5.78. The fourth-order valence-corrected chi connectivity index (χ4v) is 3.47. The Morgan fingerprint density at radius 1 is 0.947 bits per heavy atom. The van der Waals surface area contributed by atoms with Crippen LogP contribution in [-0.2, 0) is 4.74 Å². The highest BCUT2D eigenvalue weighted by molar-refractivity contribution is 7.99. The molecule has 2 atom stereocenters. The minimum atomic E-state index is -0.0558. The van der Waals surface area contributed by atoms with Crippen molar-refractivity contribution in [3.05, 3.63) is 71.8 Å². The lowest BCUT2D eigenvalue weighted by Gasteiger charge is -2.17. The Morgan fingerprint density at radius 3 is 1.84 bits per heavy atom. The summed E-state index contributed by atoms with van der Waals surface area (Å²) in [7, 11) is 0. The molecule has 0 saturated carbocycles. The molecule has 3 rings (SSSR count). The van der Waals surface area contributed by atoms with E-state index in [-0.39, 0.29) is 12.3 Å². The van der Waals surface area contributed by atoms with Crippen LogP contribution in [-0.4, -0.2) is 18.1 Å². The number of benzene rings is 2. The first-order valence-corrected chi connectivity index (χ1v) is 7.52. The van der Waals surface area contributed by atoms with E-state index in [1.54, 1.807) is 0 Å². The Bertz CT molecular complexity index is 477. The van der Waals surface area contributed by atoms with E-state index in [2.05, 4.69) is 60.7 Å². The van der Waals surface area contributed by atoms with Gasteiger partial charge < -0.3 is 10.5 Å². The summed E-state index contributed by atoms with van der Waals surface area (Å²) in [6.07, 6.45) is 0.166. The van der Waals surface area contributed by atoms with Crippen LogP contribution in [0.3, 0.4) is 0 Å². The summed E-state index contributed by atoms with van der Waals surface area (Å²) < 4.78 is 5.30. The molecule has 2 N–H and O–H groups in total. The molecule has 2 nitrogen and oxygen atoms in total. The van der Waals surface area contributed by atoms with Crippen molar-refractivity contribution in [2.45, 2.75) is 17.6 Å². The van der Waals surface area contributed by atoms with E-state index in [4.69, 9.17) is 10.5 Å². The third-order valence-corrected chi connectivity index (χ3v) is 4.65. The Kier molecular flexibility index (Phi) is 3.87. The molecular formula is C16H17NOS. The molecule has 0 bridgehead atoms. The first-order chi connectivity index (χ1) is 9.34. The molecule has 19 heavy (non-hydrogen) atoms. The summed E-state index contributed by atoms with van der Waals surface area (Å²) >= 11 is 1.90.